The number of aromatic nitrogens is 4. The van der Waals surface area contributed by atoms with Crippen LogP contribution in [0.4, 0.5) is 5.69 Å². The Balaban J connectivity index is 1.53. The molecule has 0 saturated carbocycles. The predicted molar refractivity (Wildman–Crippen MR) is 160 cm³/mol. The molecule has 0 saturated heterocycles. The number of thioether (sulfide) groups is 1. The number of methoxy groups -OCH3 is 1. The lowest BCUT2D eigenvalue weighted by Gasteiger charge is -2.31. The molecule has 3 aromatic heterocycles. The summed E-state index contributed by atoms with van der Waals surface area (Å²) in [6.07, 6.45) is 5.18. The number of fused-ring (bicyclic) bond motifs is 1. The van der Waals surface area contributed by atoms with Crippen molar-refractivity contribution in [2.24, 2.45) is 0 Å². The molecule has 2 amide bonds. The van der Waals surface area contributed by atoms with Gasteiger partial charge >= 0.3 is 0 Å². The van der Waals surface area contributed by atoms with E-state index in [2.05, 4.69) is 25.3 Å². The van der Waals surface area contributed by atoms with E-state index in [1.807, 2.05) is 56.3 Å². The van der Waals surface area contributed by atoms with Gasteiger partial charge in [-0.15, -0.1) is 0 Å². The van der Waals surface area contributed by atoms with Crippen LogP contribution in [0, 0.1) is 13.8 Å². The van der Waals surface area contributed by atoms with Crippen molar-refractivity contribution in [2.45, 2.75) is 31.6 Å². The van der Waals surface area contributed by atoms with Crippen LogP contribution in [0.25, 0.3) is 10.9 Å². The first kappa shape index (κ1) is 27.9. The lowest BCUT2D eigenvalue weighted by molar-refractivity contribution is -0.137. The van der Waals surface area contributed by atoms with Gasteiger partial charge in [0.2, 0.25) is 5.91 Å². The van der Waals surface area contributed by atoms with E-state index in [0.717, 1.165) is 27.9 Å². The first-order valence-electron chi connectivity index (χ1n) is 13.1. The van der Waals surface area contributed by atoms with Crippen LogP contribution < -0.4 is 10.1 Å². The van der Waals surface area contributed by atoms with E-state index in [0.29, 0.717) is 22.2 Å². The maximum Gasteiger partial charge on any atom is 0.251 e. The minimum Gasteiger partial charge on any atom is -0.497 e. The van der Waals surface area contributed by atoms with Crippen LogP contribution in [0.3, 0.4) is 0 Å². The highest BCUT2D eigenvalue weighted by Crippen LogP contribution is 2.32. The molecular weight excluding hydrogens is 536 g/mol. The number of amides is 2. The van der Waals surface area contributed by atoms with E-state index in [-0.39, 0.29) is 24.1 Å². The fourth-order valence-electron chi connectivity index (χ4n) is 4.63. The van der Waals surface area contributed by atoms with E-state index in [1.165, 1.54) is 11.8 Å². The molecule has 0 radical (unpaired) electrons. The molecule has 0 bridgehead atoms. The number of aromatic amines is 1. The zero-order valence-corrected chi connectivity index (χ0v) is 23.8. The van der Waals surface area contributed by atoms with Gasteiger partial charge in [0.15, 0.2) is 5.16 Å². The molecule has 5 aromatic rings. The van der Waals surface area contributed by atoms with E-state index in [9.17, 15) is 9.59 Å². The van der Waals surface area contributed by atoms with Crippen molar-refractivity contribution in [3.05, 3.63) is 108 Å². The molecule has 9 nitrogen and oxygen atoms in total. The first-order chi connectivity index (χ1) is 19.9. The Morgan fingerprint density at radius 3 is 2.49 bits per heavy atom. The second-order valence-corrected chi connectivity index (χ2v) is 10.5. The molecule has 41 heavy (non-hydrogen) atoms. The summed E-state index contributed by atoms with van der Waals surface area (Å²) in [5, 5.41) is 4.38. The van der Waals surface area contributed by atoms with E-state index >= 15 is 0 Å². The molecule has 10 heteroatoms. The Kier molecular flexibility index (Phi) is 8.59. The van der Waals surface area contributed by atoms with Crippen LogP contribution in [-0.2, 0) is 16.1 Å². The standard InChI is InChI=1S/C31H30N6O3S/c1-20-15-21(2)35-31(34-20)41-19-28(38)37(18-22-7-6-14-32-16-22)29(26-17-33-27-9-5-4-8-25(26)27)30(39)36-23-10-12-24(40-3)13-11-23/h4-17,29,33H,18-19H2,1-3H3,(H,36,39)/t29-/m0/s1. The minimum atomic E-state index is -0.943. The van der Waals surface area contributed by atoms with Gasteiger partial charge in [-0.2, -0.15) is 0 Å². The number of ether oxygens (including phenoxy) is 1. The maximum atomic E-state index is 14.1. The number of nitrogens with one attached hydrogen (secondary N) is 2. The number of benzene rings is 2. The van der Waals surface area contributed by atoms with E-state index < -0.39 is 6.04 Å². The predicted octanol–water partition coefficient (Wildman–Crippen LogP) is 5.48. The molecule has 3 heterocycles. The Bertz CT molecular complexity index is 1640. The second kappa shape index (κ2) is 12.6. The third-order valence-electron chi connectivity index (χ3n) is 6.52. The smallest absolute Gasteiger partial charge is 0.251 e. The number of pyridine rings is 1. The molecule has 208 valence electrons. The van der Waals surface area contributed by atoms with Crippen molar-refractivity contribution in [3.63, 3.8) is 0 Å². The zero-order valence-electron chi connectivity index (χ0n) is 23.0. The number of hydrogen-bond donors (Lipinski definition) is 2. The molecule has 0 unspecified atom stereocenters. The van der Waals surface area contributed by atoms with Gasteiger partial charge in [0.25, 0.3) is 5.91 Å². The average Bonchev–Trinajstić information content (AvgIpc) is 3.40. The Hall–Kier alpha value is -4.70. The van der Waals surface area contributed by atoms with E-state index in [1.54, 1.807) is 54.9 Å². The highest BCUT2D eigenvalue weighted by atomic mass is 32.2. The van der Waals surface area contributed by atoms with Crippen LogP contribution in [0.15, 0.2) is 90.5 Å². The largest absolute Gasteiger partial charge is 0.497 e. The van der Waals surface area contributed by atoms with Crippen LogP contribution in [-0.4, -0.2) is 49.5 Å². The molecule has 1 atom stereocenters. The van der Waals surface area contributed by atoms with Gasteiger partial charge in [-0.3, -0.25) is 14.6 Å². The maximum absolute atomic E-state index is 14.1. The summed E-state index contributed by atoms with van der Waals surface area (Å²) in [6.45, 7) is 3.97. The number of rotatable bonds is 10. The number of para-hydroxylation sites is 1. The third-order valence-corrected chi connectivity index (χ3v) is 7.35. The van der Waals surface area contributed by atoms with Crippen molar-refractivity contribution >= 4 is 40.2 Å². The monoisotopic (exact) mass is 566 g/mol. The molecule has 5 rings (SSSR count). The number of anilines is 1. The van der Waals surface area contributed by atoms with Crippen LogP contribution >= 0.6 is 11.8 Å². The first-order valence-corrected chi connectivity index (χ1v) is 14.0. The van der Waals surface area contributed by atoms with Gasteiger partial charge in [-0.1, -0.05) is 36.0 Å². The van der Waals surface area contributed by atoms with Gasteiger partial charge < -0.3 is 19.9 Å². The lowest BCUT2D eigenvalue weighted by atomic mass is 10.0. The summed E-state index contributed by atoms with van der Waals surface area (Å²) >= 11 is 1.25. The van der Waals surface area contributed by atoms with Gasteiger partial charge in [0.05, 0.1) is 12.9 Å². The van der Waals surface area contributed by atoms with Crippen LogP contribution in [0.2, 0.25) is 0 Å². The van der Waals surface area contributed by atoms with Crippen molar-refractivity contribution in [3.8, 4) is 5.75 Å². The number of carbonyl (C=O) groups is 2. The fourth-order valence-corrected chi connectivity index (χ4v) is 5.47. The summed E-state index contributed by atoms with van der Waals surface area (Å²) in [5.74, 6) is 0.152. The lowest BCUT2D eigenvalue weighted by Crippen LogP contribution is -2.41. The molecule has 0 aliphatic rings. The average molecular weight is 567 g/mol. The molecule has 0 spiro atoms. The van der Waals surface area contributed by atoms with E-state index in [4.69, 9.17) is 4.74 Å². The highest BCUT2D eigenvalue weighted by molar-refractivity contribution is 7.99. The fraction of sp³-hybridized carbons (Fsp3) is 0.194. The quantitative estimate of drug-likeness (QED) is 0.170. The summed E-state index contributed by atoms with van der Waals surface area (Å²) in [6, 6.07) is 19.5. The summed E-state index contributed by atoms with van der Waals surface area (Å²) in [4.78, 5) is 46.2. The second-order valence-electron chi connectivity index (χ2n) is 9.51. The molecule has 0 aliphatic heterocycles. The highest BCUT2D eigenvalue weighted by Gasteiger charge is 2.33. The summed E-state index contributed by atoms with van der Waals surface area (Å²) in [5.41, 5.74) is 4.61. The third kappa shape index (κ3) is 6.72. The van der Waals surface area contributed by atoms with Gasteiger partial charge in [0, 0.05) is 58.7 Å². The Morgan fingerprint density at radius 1 is 1.02 bits per heavy atom. The summed E-state index contributed by atoms with van der Waals surface area (Å²) in [7, 11) is 1.59. The Labute approximate surface area is 242 Å². The number of carbonyl (C=O) groups excluding carboxylic acids is 2. The normalized spacial score (nSPS) is 11.7. The van der Waals surface area contributed by atoms with Crippen molar-refractivity contribution in [1.82, 2.24) is 24.8 Å². The molecular formula is C31H30N6O3S. The summed E-state index contributed by atoms with van der Waals surface area (Å²) < 4.78 is 5.25. The molecule has 2 aromatic carbocycles. The number of hydrogen-bond acceptors (Lipinski definition) is 7. The van der Waals surface area contributed by atoms with Crippen LogP contribution in [0.1, 0.15) is 28.6 Å². The number of H-pyrrole nitrogens is 1. The molecule has 0 fully saturated rings. The minimum absolute atomic E-state index is 0.0534. The van der Waals surface area contributed by atoms with Gasteiger partial charge in [-0.25, -0.2) is 9.97 Å². The zero-order chi connectivity index (χ0) is 28.8. The number of aryl methyl sites for hydroxylation is 2. The number of nitrogens with zero attached hydrogens (tertiary/aromatic N) is 4. The van der Waals surface area contributed by atoms with Crippen LogP contribution in [0.5, 0.6) is 5.75 Å². The van der Waals surface area contributed by atoms with Crippen molar-refractivity contribution in [2.75, 3.05) is 18.2 Å². The molecule has 0 aliphatic carbocycles. The van der Waals surface area contributed by atoms with Gasteiger partial charge in [0.1, 0.15) is 11.8 Å². The topological polar surface area (TPSA) is 113 Å². The SMILES string of the molecule is COc1ccc(NC(=O)[C@H](c2c[nH]c3ccccc23)N(Cc2cccnc2)C(=O)CSc2nc(C)cc(C)n2)cc1. The molecule has 2 N–H and O–H groups in total. The van der Waals surface area contributed by atoms with Gasteiger partial charge in [-0.05, 0) is 61.9 Å². The Morgan fingerprint density at radius 2 is 1.78 bits per heavy atom. The van der Waals surface area contributed by atoms with Crippen molar-refractivity contribution in [1.29, 1.82) is 0 Å². The van der Waals surface area contributed by atoms with Crippen molar-refractivity contribution < 1.29 is 14.3 Å².